The van der Waals surface area contributed by atoms with Gasteiger partial charge in [-0.15, -0.1) is 0 Å². The Hall–Kier alpha value is -1.39. The molecule has 19 heavy (non-hydrogen) atoms. The number of hydrogen-bond acceptors (Lipinski definition) is 2. The number of fused-ring (bicyclic) bond motifs is 1. The van der Waals surface area contributed by atoms with Crippen LogP contribution in [0.5, 0.6) is 0 Å². The fourth-order valence-corrected chi connectivity index (χ4v) is 3.23. The van der Waals surface area contributed by atoms with Crippen molar-refractivity contribution in [1.29, 1.82) is 0 Å². The Kier molecular flexibility index (Phi) is 3.53. The highest BCUT2D eigenvalue weighted by molar-refractivity contribution is 9.10. The van der Waals surface area contributed by atoms with E-state index in [1.807, 2.05) is 41.0 Å². The van der Waals surface area contributed by atoms with E-state index in [9.17, 15) is 4.79 Å². The molecule has 0 unspecified atom stereocenters. The molecule has 0 saturated heterocycles. The monoisotopic (exact) mass is 318 g/mol. The minimum atomic E-state index is 0.126. The Morgan fingerprint density at radius 2 is 2.11 bits per heavy atom. The fourth-order valence-electron chi connectivity index (χ4n) is 2.54. The van der Waals surface area contributed by atoms with Gasteiger partial charge in [0.2, 0.25) is 5.91 Å². The van der Waals surface area contributed by atoms with Gasteiger partial charge in [-0.1, -0.05) is 30.3 Å². The van der Waals surface area contributed by atoms with Gasteiger partial charge in [0.1, 0.15) is 0 Å². The Bertz CT molecular complexity index is 604. The summed E-state index contributed by atoms with van der Waals surface area (Å²) in [6, 6.07) is 11.9. The van der Waals surface area contributed by atoms with Crippen molar-refractivity contribution in [1.82, 2.24) is 9.88 Å². The highest BCUT2D eigenvalue weighted by Crippen LogP contribution is 2.24. The number of carbonyl (C=O) groups excluding carboxylic acids is 1. The number of rotatable bonds is 2. The third kappa shape index (κ3) is 2.51. The van der Waals surface area contributed by atoms with Gasteiger partial charge in [-0.2, -0.15) is 0 Å². The van der Waals surface area contributed by atoms with Crippen LogP contribution >= 0.6 is 15.9 Å². The maximum atomic E-state index is 12.5. The molecule has 0 atom stereocenters. The van der Waals surface area contributed by atoms with Crippen molar-refractivity contribution < 1.29 is 4.79 Å². The van der Waals surface area contributed by atoms with Gasteiger partial charge in [-0.05, 0) is 33.1 Å². The first kappa shape index (κ1) is 12.6. The molecule has 2 heterocycles. The molecule has 1 N–H and O–H groups in total. The van der Waals surface area contributed by atoms with E-state index in [0.717, 1.165) is 35.4 Å². The van der Waals surface area contributed by atoms with Crippen LogP contribution in [0.25, 0.3) is 0 Å². The number of halogens is 1. The van der Waals surface area contributed by atoms with Crippen molar-refractivity contribution in [3.05, 3.63) is 57.8 Å². The first-order valence-electron chi connectivity index (χ1n) is 6.42. The van der Waals surface area contributed by atoms with E-state index in [1.165, 1.54) is 5.56 Å². The summed E-state index contributed by atoms with van der Waals surface area (Å²) in [4.78, 5) is 12.5. The van der Waals surface area contributed by atoms with Gasteiger partial charge >= 0.3 is 0 Å². The summed E-state index contributed by atoms with van der Waals surface area (Å²) >= 11 is 3.51. The molecule has 2 aromatic rings. The second-order valence-corrected chi connectivity index (χ2v) is 5.57. The largest absolute Gasteiger partial charge is 0.312 e. The molecule has 1 aliphatic rings. The zero-order valence-electron chi connectivity index (χ0n) is 10.5. The lowest BCUT2D eigenvalue weighted by atomic mass is 10.1. The first-order valence-corrected chi connectivity index (χ1v) is 7.22. The lowest BCUT2D eigenvalue weighted by molar-refractivity contribution is 0.0908. The van der Waals surface area contributed by atoms with Gasteiger partial charge in [-0.3, -0.25) is 9.36 Å². The molecule has 0 fully saturated rings. The van der Waals surface area contributed by atoms with Crippen LogP contribution in [0.1, 0.15) is 21.6 Å². The molecule has 0 spiro atoms. The summed E-state index contributed by atoms with van der Waals surface area (Å²) in [5.41, 5.74) is 3.42. The van der Waals surface area contributed by atoms with Crippen LogP contribution < -0.4 is 5.32 Å². The van der Waals surface area contributed by atoms with E-state index in [-0.39, 0.29) is 5.91 Å². The van der Waals surface area contributed by atoms with Crippen molar-refractivity contribution in [2.45, 2.75) is 19.4 Å². The lowest BCUT2D eigenvalue weighted by Gasteiger charge is -2.16. The van der Waals surface area contributed by atoms with Gasteiger partial charge in [-0.25, -0.2) is 0 Å². The molecule has 0 aliphatic carbocycles. The maximum absolute atomic E-state index is 12.5. The Morgan fingerprint density at radius 3 is 2.89 bits per heavy atom. The highest BCUT2D eigenvalue weighted by Gasteiger charge is 2.20. The molecule has 1 aromatic heterocycles. The minimum Gasteiger partial charge on any atom is -0.312 e. The number of nitrogens with one attached hydrogen (secondary N) is 1. The summed E-state index contributed by atoms with van der Waals surface area (Å²) < 4.78 is 2.69. The third-order valence-electron chi connectivity index (χ3n) is 3.45. The third-order valence-corrected chi connectivity index (χ3v) is 4.03. The van der Waals surface area contributed by atoms with Gasteiger partial charge in [0.25, 0.3) is 0 Å². The van der Waals surface area contributed by atoms with Crippen LogP contribution in [0, 0.1) is 0 Å². The second-order valence-electron chi connectivity index (χ2n) is 4.76. The smallest absolute Gasteiger partial charge is 0.236 e. The average Bonchev–Trinajstić information content (AvgIpc) is 2.75. The molecule has 0 radical (unpaired) electrons. The van der Waals surface area contributed by atoms with E-state index in [1.54, 1.807) is 0 Å². The van der Waals surface area contributed by atoms with Crippen molar-refractivity contribution in [3.8, 4) is 0 Å². The summed E-state index contributed by atoms with van der Waals surface area (Å²) in [5, 5.41) is 3.32. The maximum Gasteiger partial charge on any atom is 0.236 e. The number of nitrogens with zero attached hydrogens (tertiary/aromatic N) is 1. The molecule has 0 amide bonds. The highest BCUT2D eigenvalue weighted by atomic mass is 79.9. The SMILES string of the molecule is O=C(Cc1ccccc1)n1c(Br)cc2c1CCNC2. The lowest BCUT2D eigenvalue weighted by Crippen LogP contribution is -2.26. The minimum absolute atomic E-state index is 0.126. The molecule has 3 rings (SSSR count). The summed E-state index contributed by atoms with van der Waals surface area (Å²) in [6.45, 7) is 1.78. The molecule has 1 aromatic carbocycles. The summed E-state index contributed by atoms with van der Waals surface area (Å²) in [6.07, 6.45) is 1.34. The van der Waals surface area contributed by atoms with Gasteiger partial charge < -0.3 is 5.32 Å². The van der Waals surface area contributed by atoms with Crippen molar-refractivity contribution >= 4 is 21.8 Å². The van der Waals surface area contributed by atoms with Gasteiger partial charge in [0.15, 0.2) is 0 Å². The van der Waals surface area contributed by atoms with Crippen molar-refractivity contribution in [2.75, 3.05) is 6.54 Å². The Labute approximate surface area is 120 Å². The quantitative estimate of drug-likeness (QED) is 0.923. The fraction of sp³-hybridized carbons (Fsp3) is 0.267. The van der Waals surface area contributed by atoms with E-state index < -0.39 is 0 Å². The zero-order valence-corrected chi connectivity index (χ0v) is 12.1. The van der Waals surface area contributed by atoms with Crippen molar-refractivity contribution in [3.63, 3.8) is 0 Å². The van der Waals surface area contributed by atoms with Crippen LogP contribution in [0.2, 0.25) is 0 Å². The van der Waals surface area contributed by atoms with E-state index in [2.05, 4.69) is 21.2 Å². The predicted molar refractivity (Wildman–Crippen MR) is 78.3 cm³/mol. The van der Waals surface area contributed by atoms with Crippen LogP contribution in [0.4, 0.5) is 0 Å². The van der Waals surface area contributed by atoms with Crippen LogP contribution in [0.3, 0.4) is 0 Å². The summed E-state index contributed by atoms with van der Waals surface area (Å²) in [5.74, 6) is 0.126. The van der Waals surface area contributed by atoms with Crippen LogP contribution in [0.15, 0.2) is 41.0 Å². The molecule has 98 valence electrons. The molecular weight excluding hydrogens is 304 g/mol. The van der Waals surface area contributed by atoms with Crippen LogP contribution in [-0.2, 0) is 19.4 Å². The molecular formula is C15H15BrN2O. The second kappa shape index (κ2) is 5.31. The molecule has 0 saturated carbocycles. The number of carbonyl (C=O) groups is 1. The average molecular weight is 319 g/mol. The van der Waals surface area contributed by atoms with Gasteiger partial charge in [0, 0.05) is 25.2 Å². The summed E-state index contributed by atoms with van der Waals surface area (Å²) in [7, 11) is 0. The number of hydrogen-bond donors (Lipinski definition) is 1. The van der Waals surface area contributed by atoms with E-state index in [4.69, 9.17) is 0 Å². The first-order chi connectivity index (χ1) is 9.25. The Balaban J connectivity index is 1.90. The normalized spacial score (nSPS) is 14.2. The van der Waals surface area contributed by atoms with Gasteiger partial charge in [0.05, 0.1) is 11.0 Å². The van der Waals surface area contributed by atoms with E-state index in [0.29, 0.717) is 6.42 Å². The van der Waals surface area contributed by atoms with Crippen LogP contribution in [-0.4, -0.2) is 17.0 Å². The number of benzene rings is 1. The predicted octanol–water partition coefficient (Wildman–Crippen LogP) is 2.78. The molecule has 1 aliphatic heterocycles. The van der Waals surface area contributed by atoms with Crippen molar-refractivity contribution in [2.24, 2.45) is 0 Å². The zero-order chi connectivity index (χ0) is 13.2. The Morgan fingerprint density at radius 1 is 1.32 bits per heavy atom. The standard InChI is InChI=1S/C15H15BrN2O/c16-14-9-12-10-17-7-6-13(12)18(14)15(19)8-11-4-2-1-3-5-11/h1-5,9,17H,6-8,10H2. The molecule has 4 heteroatoms. The topological polar surface area (TPSA) is 34.0 Å². The number of aromatic nitrogens is 1. The molecule has 0 bridgehead atoms. The molecule has 3 nitrogen and oxygen atoms in total. The van der Waals surface area contributed by atoms with E-state index >= 15 is 0 Å².